The second kappa shape index (κ2) is 11.7. The smallest absolute Gasteiger partial charge is 0.229 e. The monoisotopic (exact) mass is 502 g/mol. The van der Waals surface area contributed by atoms with E-state index < -0.39 is 6.10 Å². The van der Waals surface area contributed by atoms with Crippen LogP contribution in [0.1, 0.15) is 39.5 Å². The Morgan fingerprint density at radius 3 is 2.34 bits per heavy atom. The van der Waals surface area contributed by atoms with Crippen LogP contribution in [0, 0.1) is 36.5 Å². The first-order valence-electron chi connectivity index (χ1n) is 11.8. The second-order valence-electron chi connectivity index (χ2n) is 8.57. The van der Waals surface area contributed by atoms with Crippen molar-refractivity contribution >= 4 is 29.2 Å². The van der Waals surface area contributed by atoms with Crippen LogP contribution >= 0.6 is 0 Å². The van der Waals surface area contributed by atoms with Crippen molar-refractivity contribution in [1.82, 2.24) is 9.97 Å². The summed E-state index contributed by atoms with van der Waals surface area (Å²) in [4.78, 5) is 9.15. The van der Waals surface area contributed by atoms with Crippen molar-refractivity contribution in [3.05, 3.63) is 106 Å². The topological polar surface area (TPSA) is 127 Å². The van der Waals surface area contributed by atoms with Gasteiger partial charge in [-0.2, -0.15) is 15.5 Å². The summed E-state index contributed by atoms with van der Waals surface area (Å²) in [5.74, 6) is 1.28. The maximum absolute atomic E-state index is 11.4. The van der Waals surface area contributed by atoms with E-state index in [0.717, 1.165) is 22.4 Å². The molecule has 188 valence electrons. The highest BCUT2D eigenvalue weighted by Crippen LogP contribution is 2.35. The van der Waals surface area contributed by atoms with E-state index in [0.29, 0.717) is 39.9 Å². The molecule has 0 radical (unpaired) electrons. The molecule has 3 N–H and O–H groups in total. The molecular weight excluding hydrogens is 476 g/mol. The number of nitriles is 2. The maximum atomic E-state index is 11.4. The summed E-state index contributed by atoms with van der Waals surface area (Å²) in [5, 5.41) is 35.9. The van der Waals surface area contributed by atoms with E-state index in [-0.39, 0.29) is 0 Å². The number of aliphatic hydroxyl groups excluding tert-OH is 1. The number of anilines is 4. The first-order chi connectivity index (χ1) is 18.4. The van der Waals surface area contributed by atoms with E-state index in [4.69, 9.17) is 20.2 Å². The molecule has 1 atom stereocenters. The summed E-state index contributed by atoms with van der Waals surface area (Å²) in [7, 11) is 1.56. The van der Waals surface area contributed by atoms with Crippen molar-refractivity contribution in [3.8, 4) is 17.9 Å². The van der Waals surface area contributed by atoms with Gasteiger partial charge < -0.3 is 20.5 Å². The summed E-state index contributed by atoms with van der Waals surface area (Å²) in [5.41, 5.74) is 5.94. The van der Waals surface area contributed by atoms with Crippen LogP contribution in [-0.4, -0.2) is 22.2 Å². The van der Waals surface area contributed by atoms with Gasteiger partial charge in [-0.3, -0.25) is 0 Å². The number of ether oxygens (including phenoxy) is 1. The van der Waals surface area contributed by atoms with Crippen LogP contribution in [0.25, 0.3) is 6.08 Å². The van der Waals surface area contributed by atoms with Crippen molar-refractivity contribution in [2.24, 2.45) is 0 Å². The van der Waals surface area contributed by atoms with Crippen molar-refractivity contribution < 1.29 is 9.84 Å². The van der Waals surface area contributed by atoms with Crippen LogP contribution in [0.4, 0.5) is 23.1 Å². The fourth-order valence-electron chi connectivity index (χ4n) is 4.11. The van der Waals surface area contributed by atoms with Gasteiger partial charge in [0.2, 0.25) is 5.95 Å². The van der Waals surface area contributed by atoms with Gasteiger partial charge in [-0.05, 0) is 79.1 Å². The van der Waals surface area contributed by atoms with Gasteiger partial charge >= 0.3 is 0 Å². The van der Waals surface area contributed by atoms with Gasteiger partial charge in [0.05, 0.1) is 24.8 Å². The minimum absolute atomic E-state index is 0.317. The number of hydrogen-bond acceptors (Lipinski definition) is 8. The average Bonchev–Trinajstić information content (AvgIpc) is 2.94. The quantitative estimate of drug-likeness (QED) is 0.247. The molecule has 1 heterocycles. The van der Waals surface area contributed by atoms with E-state index in [1.54, 1.807) is 55.8 Å². The lowest BCUT2D eigenvalue weighted by molar-refractivity contribution is 0.214. The molecular formula is C30H26N6O2. The molecule has 0 aliphatic heterocycles. The van der Waals surface area contributed by atoms with Crippen LogP contribution in [-0.2, 0) is 0 Å². The zero-order chi connectivity index (χ0) is 27.1. The molecule has 38 heavy (non-hydrogen) atoms. The third kappa shape index (κ3) is 5.79. The molecule has 0 aliphatic rings. The van der Waals surface area contributed by atoms with E-state index in [1.165, 1.54) is 6.08 Å². The minimum atomic E-state index is -1.06. The fraction of sp³-hybridized carbons (Fsp3) is 0.133. The molecule has 8 nitrogen and oxygen atoms in total. The zero-order valence-corrected chi connectivity index (χ0v) is 21.2. The molecule has 0 amide bonds. The van der Waals surface area contributed by atoms with E-state index in [2.05, 4.69) is 21.7 Å². The number of aromatic nitrogens is 2. The Morgan fingerprint density at radius 2 is 1.68 bits per heavy atom. The minimum Gasteiger partial charge on any atom is -0.496 e. The van der Waals surface area contributed by atoms with E-state index in [1.807, 2.05) is 44.2 Å². The van der Waals surface area contributed by atoms with Gasteiger partial charge in [-0.25, -0.2) is 4.98 Å². The number of benzene rings is 3. The van der Waals surface area contributed by atoms with Gasteiger partial charge in [0.1, 0.15) is 17.7 Å². The molecule has 0 bridgehead atoms. The summed E-state index contributed by atoms with van der Waals surface area (Å²) in [6, 6.07) is 22.3. The van der Waals surface area contributed by atoms with Crippen molar-refractivity contribution in [2.75, 3.05) is 17.7 Å². The van der Waals surface area contributed by atoms with Crippen LogP contribution in [0.15, 0.2) is 72.9 Å². The lowest BCUT2D eigenvalue weighted by Gasteiger charge is -2.20. The zero-order valence-electron chi connectivity index (χ0n) is 21.2. The molecule has 0 fully saturated rings. The predicted octanol–water partition coefficient (Wildman–Crippen LogP) is 6.08. The van der Waals surface area contributed by atoms with E-state index >= 15 is 0 Å². The van der Waals surface area contributed by atoms with Gasteiger partial charge in [0.25, 0.3) is 0 Å². The Hall–Kier alpha value is -5.18. The number of aryl methyl sites for hydroxylation is 2. The average molecular weight is 503 g/mol. The number of methoxy groups -OCH3 is 1. The summed E-state index contributed by atoms with van der Waals surface area (Å²) in [6.45, 7) is 3.93. The molecule has 8 heteroatoms. The van der Waals surface area contributed by atoms with Gasteiger partial charge in [0.15, 0.2) is 0 Å². The molecule has 1 unspecified atom stereocenters. The van der Waals surface area contributed by atoms with Gasteiger partial charge in [-0.15, -0.1) is 0 Å². The number of nitrogens with one attached hydrogen (secondary N) is 2. The standard InChI is InChI=1S/C30H26N6O2/c1-19-15-22(7-6-14-31)16-20(2)27(19)35-29-25(28(37)24-8-4-5-9-26(24)38-3)18-33-30(36-29)34-23-12-10-21(17-32)11-13-23/h4-13,15-16,18,28,37H,1-3H3,(H2,33,34,35,36)/b7-6+. The summed E-state index contributed by atoms with van der Waals surface area (Å²) >= 11 is 0. The second-order valence-corrected chi connectivity index (χ2v) is 8.57. The first-order valence-corrected chi connectivity index (χ1v) is 11.8. The number of hydrogen-bond donors (Lipinski definition) is 3. The van der Waals surface area contributed by atoms with Crippen LogP contribution < -0.4 is 15.4 Å². The fourth-order valence-corrected chi connectivity index (χ4v) is 4.11. The van der Waals surface area contributed by atoms with Crippen molar-refractivity contribution in [1.29, 1.82) is 10.5 Å². The summed E-state index contributed by atoms with van der Waals surface area (Å²) < 4.78 is 5.47. The normalized spacial score (nSPS) is 11.4. The number of nitrogens with zero attached hydrogens (tertiary/aromatic N) is 4. The molecule has 0 aliphatic carbocycles. The van der Waals surface area contributed by atoms with Crippen LogP contribution in [0.2, 0.25) is 0 Å². The maximum Gasteiger partial charge on any atom is 0.229 e. The first kappa shape index (κ1) is 25.9. The highest BCUT2D eigenvalue weighted by molar-refractivity contribution is 5.71. The van der Waals surface area contributed by atoms with Crippen molar-refractivity contribution in [2.45, 2.75) is 20.0 Å². The molecule has 0 spiro atoms. The number of para-hydroxylation sites is 1. The molecule has 0 saturated carbocycles. The Bertz CT molecular complexity index is 1540. The molecule has 4 rings (SSSR count). The van der Waals surface area contributed by atoms with Crippen LogP contribution in [0.3, 0.4) is 0 Å². The number of rotatable bonds is 8. The third-order valence-corrected chi connectivity index (χ3v) is 5.96. The Morgan fingerprint density at radius 1 is 0.974 bits per heavy atom. The number of allylic oxidation sites excluding steroid dienone is 1. The molecule has 4 aromatic rings. The molecule has 1 aromatic heterocycles. The predicted molar refractivity (Wildman–Crippen MR) is 147 cm³/mol. The SMILES string of the molecule is COc1ccccc1C(O)c1cnc(Nc2ccc(C#N)cc2)nc1Nc1c(C)cc(/C=C/C#N)cc1C. The van der Waals surface area contributed by atoms with E-state index in [9.17, 15) is 5.11 Å². The highest BCUT2D eigenvalue weighted by Gasteiger charge is 2.22. The highest BCUT2D eigenvalue weighted by atomic mass is 16.5. The summed E-state index contributed by atoms with van der Waals surface area (Å²) in [6.07, 6.45) is 3.71. The molecule has 0 saturated heterocycles. The third-order valence-electron chi connectivity index (χ3n) is 5.96. The lowest BCUT2D eigenvalue weighted by Crippen LogP contribution is -2.11. The van der Waals surface area contributed by atoms with Crippen LogP contribution in [0.5, 0.6) is 5.75 Å². The molecule has 3 aromatic carbocycles. The van der Waals surface area contributed by atoms with Gasteiger partial charge in [-0.1, -0.05) is 18.2 Å². The lowest BCUT2D eigenvalue weighted by atomic mass is 10.0. The Kier molecular flexibility index (Phi) is 7.98. The number of aliphatic hydroxyl groups is 1. The largest absolute Gasteiger partial charge is 0.496 e. The Balaban J connectivity index is 1.77. The van der Waals surface area contributed by atoms with Gasteiger partial charge in [0, 0.05) is 34.8 Å². The Labute approximate surface area is 221 Å². The van der Waals surface area contributed by atoms with Crippen molar-refractivity contribution in [3.63, 3.8) is 0 Å².